The van der Waals surface area contributed by atoms with Gasteiger partial charge < -0.3 is 4.98 Å². The van der Waals surface area contributed by atoms with Crippen molar-refractivity contribution in [2.24, 2.45) is 0 Å². The number of halogens is 1. The third-order valence-electron chi connectivity index (χ3n) is 5.68. The Bertz CT molecular complexity index is 1260. The molecule has 166 valence electrons. The molecular formula is C24H26FN5OS. The lowest BCUT2D eigenvalue weighted by Crippen LogP contribution is -2.21. The molecule has 0 unspecified atom stereocenters. The minimum absolute atomic E-state index is 0.0243. The molecule has 0 spiro atoms. The highest BCUT2D eigenvalue weighted by molar-refractivity contribution is 8.00. The number of carbonyl (C=O) groups is 1. The smallest absolute Gasteiger partial charge is 0.196 e. The standard InChI is InChI=1S/C24H26FN5OS/c1-14-21(19-8-6-7-9-20(19)26-14)22(31)16(3)32-24-28-27-23(15(2)29(4)5)30(24)18-12-10-17(25)11-13-18/h6-13,15-16,26H,1-5H3/t15-,16+/m1/s1. The topological polar surface area (TPSA) is 66.8 Å². The van der Waals surface area contributed by atoms with Crippen LogP contribution in [0.3, 0.4) is 0 Å². The summed E-state index contributed by atoms with van der Waals surface area (Å²) in [4.78, 5) is 18.8. The number of aromatic amines is 1. The van der Waals surface area contributed by atoms with Crippen molar-refractivity contribution in [3.8, 4) is 5.69 Å². The fraction of sp³-hybridized carbons (Fsp3) is 0.292. The molecule has 0 radical (unpaired) electrons. The molecule has 2 atom stereocenters. The van der Waals surface area contributed by atoms with Gasteiger partial charge in [-0.2, -0.15) is 0 Å². The molecule has 8 heteroatoms. The number of aryl methyl sites for hydroxylation is 1. The van der Waals surface area contributed by atoms with Crippen LogP contribution in [0, 0.1) is 12.7 Å². The summed E-state index contributed by atoms with van der Waals surface area (Å²) < 4.78 is 15.5. The van der Waals surface area contributed by atoms with E-state index in [0.717, 1.165) is 28.1 Å². The highest BCUT2D eigenvalue weighted by atomic mass is 32.2. The Kier molecular flexibility index (Phi) is 6.17. The molecule has 0 aliphatic rings. The summed E-state index contributed by atoms with van der Waals surface area (Å²) in [7, 11) is 3.93. The van der Waals surface area contributed by atoms with Crippen LogP contribution in [0.4, 0.5) is 4.39 Å². The first-order chi connectivity index (χ1) is 15.3. The van der Waals surface area contributed by atoms with Crippen molar-refractivity contribution in [3.63, 3.8) is 0 Å². The summed E-state index contributed by atoms with van der Waals surface area (Å²) >= 11 is 1.36. The van der Waals surface area contributed by atoms with Gasteiger partial charge in [0.1, 0.15) is 5.82 Å². The van der Waals surface area contributed by atoms with Crippen LogP contribution in [0.5, 0.6) is 0 Å². The van der Waals surface area contributed by atoms with Crippen LogP contribution in [0.25, 0.3) is 16.6 Å². The predicted molar refractivity (Wildman–Crippen MR) is 126 cm³/mol. The minimum Gasteiger partial charge on any atom is -0.358 e. The molecule has 0 amide bonds. The Hall–Kier alpha value is -2.97. The van der Waals surface area contributed by atoms with E-state index in [9.17, 15) is 9.18 Å². The summed E-state index contributed by atoms with van der Waals surface area (Å²) in [6.07, 6.45) is 0. The second kappa shape index (κ2) is 8.88. The molecular weight excluding hydrogens is 425 g/mol. The summed E-state index contributed by atoms with van der Waals surface area (Å²) in [6, 6.07) is 14.0. The van der Waals surface area contributed by atoms with Crippen LogP contribution in [0.2, 0.25) is 0 Å². The lowest BCUT2D eigenvalue weighted by atomic mass is 10.1. The van der Waals surface area contributed by atoms with E-state index in [1.807, 2.05) is 68.6 Å². The molecule has 0 saturated heterocycles. The number of nitrogens with one attached hydrogen (secondary N) is 1. The van der Waals surface area contributed by atoms with E-state index in [2.05, 4.69) is 15.2 Å². The number of ketones is 1. The predicted octanol–water partition coefficient (Wildman–Crippen LogP) is 5.18. The quantitative estimate of drug-likeness (QED) is 0.310. The number of hydrogen-bond acceptors (Lipinski definition) is 5. The number of para-hydroxylation sites is 1. The van der Waals surface area contributed by atoms with Crippen molar-refractivity contribution < 1.29 is 9.18 Å². The first-order valence-electron chi connectivity index (χ1n) is 10.4. The first kappa shape index (κ1) is 22.2. The first-order valence-corrected chi connectivity index (χ1v) is 11.3. The Morgan fingerprint density at radius 2 is 1.78 bits per heavy atom. The molecule has 0 aliphatic carbocycles. The summed E-state index contributed by atoms with van der Waals surface area (Å²) in [5, 5.41) is 9.95. The molecule has 2 heterocycles. The lowest BCUT2D eigenvalue weighted by molar-refractivity contribution is 0.0995. The van der Waals surface area contributed by atoms with Gasteiger partial charge in [-0.15, -0.1) is 10.2 Å². The molecule has 4 aromatic rings. The zero-order valence-corrected chi connectivity index (χ0v) is 19.6. The Balaban J connectivity index is 1.71. The van der Waals surface area contributed by atoms with Gasteiger partial charge in [-0.1, -0.05) is 30.0 Å². The van der Waals surface area contributed by atoms with Crippen LogP contribution >= 0.6 is 11.8 Å². The van der Waals surface area contributed by atoms with Crippen molar-refractivity contribution in [1.29, 1.82) is 0 Å². The van der Waals surface area contributed by atoms with Gasteiger partial charge >= 0.3 is 0 Å². The van der Waals surface area contributed by atoms with Gasteiger partial charge in [-0.3, -0.25) is 14.3 Å². The number of aromatic nitrogens is 4. The van der Waals surface area contributed by atoms with Gasteiger partial charge in [0.25, 0.3) is 0 Å². The normalized spacial score (nSPS) is 13.6. The van der Waals surface area contributed by atoms with E-state index in [1.54, 1.807) is 12.1 Å². The van der Waals surface area contributed by atoms with E-state index in [4.69, 9.17) is 0 Å². The summed E-state index contributed by atoms with van der Waals surface area (Å²) in [6.45, 7) is 5.83. The molecule has 32 heavy (non-hydrogen) atoms. The van der Waals surface area contributed by atoms with Gasteiger partial charge in [-0.25, -0.2) is 4.39 Å². The fourth-order valence-corrected chi connectivity index (χ4v) is 4.63. The minimum atomic E-state index is -0.390. The summed E-state index contributed by atoms with van der Waals surface area (Å²) in [5.41, 5.74) is 3.26. The molecule has 1 N–H and O–H groups in total. The van der Waals surface area contributed by atoms with Crippen molar-refractivity contribution in [2.45, 2.75) is 37.2 Å². The molecule has 0 saturated carbocycles. The zero-order chi connectivity index (χ0) is 23.0. The number of fused-ring (bicyclic) bond motifs is 1. The molecule has 0 fully saturated rings. The number of rotatable bonds is 7. The number of thioether (sulfide) groups is 1. The van der Waals surface area contributed by atoms with E-state index in [-0.39, 0.29) is 22.9 Å². The van der Waals surface area contributed by atoms with Gasteiger partial charge in [0.2, 0.25) is 0 Å². The maximum Gasteiger partial charge on any atom is 0.196 e. The lowest BCUT2D eigenvalue weighted by Gasteiger charge is -2.21. The number of benzene rings is 2. The van der Waals surface area contributed by atoms with Crippen LogP contribution in [-0.2, 0) is 0 Å². The SMILES string of the molecule is Cc1[nH]c2ccccc2c1C(=O)[C@H](C)Sc1nnc([C@@H](C)N(C)C)n1-c1ccc(F)cc1. The van der Waals surface area contributed by atoms with Gasteiger partial charge in [-0.05, 0) is 65.2 Å². The number of nitrogens with zero attached hydrogens (tertiary/aromatic N) is 4. The third-order valence-corrected chi connectivity index (χ3v) is 6.73. The van der Waals surface area contributed by atoms with E-state index >= 15 is 0 Å². The number of Topliss-reactive ketones (excluding diaryl/α,β-unsaturated/α-hetero) is 1. The second-order valence-electron chi connectivity index (χ2n) is 8.09. The maximum atomic E-state index is 13.6. The average Bonchev–Trinajstić information content (AvgIpc) is 3.33. The van der Waals surface area contributed by atoms with E-state index in [0.29, 0.717) is 10.7 Å². The Morgan fingerprint density at radius 1 is 1.09 bits per heavy atom. The van der Waals surface area contributed by atoms with Gasteiger partial charge in [0.15, 0.2) is 16.8 Å². The van der Waals surface area contributed by atoms with Crippen LogP contribution < -0.4 is 0 Å². The van der Waals surface area contributed by atoms with Crippen molar-refractivity contribution >= 4 is 28.4 Å². The number of hydrogen-bond donors (Lipinski definition) is 1. The maximum absolute atomic E-state index is 13.6. The highest BCUT2D eigenvalue weighted by Crippen LogP contribution is 2.32. The highest BCUT2D eigenvalue weighted by Gasteiger charge is 2.27. The number of carbonyl (C=O) groups excluding carboxylic acids is 1. The van der Waals surface area contributed by atoms with Crippen molar-refractivity contribution in [3.05, 3.63) is 71.4 Å². The molecule has 6 nitrogen and oxygen atoms in total. The van der Waals surface area contributed by atoms with Gasteiger partial charge in [0, 0.05) is 27.8 Å². The third kappa shape index (κ3) is 4.08. The van der Waals surface area contributed by atoms with Crippen LogP contribution in [0.15, 0.2) is 53.7 Å². The average molecular weight is 452 g/mol. The molecule has 0 aliphatic heterocycles. The Morgan fingerprint density at radius 3 is 2.47 bits per heavy atom. The molecule has 4 rings (SSSR count). The number of H-pyrrole nitrogens is 1. The van der Waals surface area contributed by atoms with E-state index < -0.39 is 0 Å². The van der Waals surface area contributed by atoms with Crippen molar-refractivity contribution in [2.75, 3.05) is 14.1 Å². The molecule has 2 aromatic heterocycles. The molecule has 0 bridgehead atoms. The van der Waals surface area contributed by atoms with Crippen molar-refractivity contribution in [1.82, 2.24) is 24.6 Å². The van der Waals surface area contributed by atoms with Gasteiger partial charge in [0.05, 0.1) is 11.3 Å². The monoisotopic (exact) mass is 451 g/mol. The van der Waals surface area contributed by atoms with E-state index in [1.165, 1.54) is 23.9 Å². The summed E-state index contributed by atoms with van der Waals surface area (Å²) in [5.74, 6) is 0.449. The largest absolute Gasteiger partial charge is 0.358 e. The Labute approximate surface area is 190 Å². The van der Waals surface area contributed by atoms with Crippen LogP contribution in [-0.4, -0.2) is 49.8 Å². The zero-order valence-electron chi connectivity index (χ0n) is 18.8. The fourth-order valence-electron chi connectivity index (χ4n) is 3.70. The van der Waals surface area contributed by atoms with Crippen LogP contribution in [0.1, 0.15) is 41.8 Å². The second-order valence-corrected chi connectivity index (χ2v) is 9.40. The molecule has 2 aromatic carbocycles.